The number of benzene rings is 1. The number of aryl methyl sites for hydroxylation is 1. The maximum Gasteiger partial charge on any atom is 0.338 e. The number of aromatic nitrogens is 2. The van der Waals surface area contributed by atoms with Gasteiger partial charge in [-0.2, -0.15) is 0 Å². The van der Waals surface area contributed by atoms with Crippen LogP contribution in [0.2, 0.25) is 0 Å². The van der Waals surface area contributed by atoms with Gasteiger partial charge in [0.05, 0.1) is 12.1 Å². The van der Waals surface area contributed by atoms with Gasteiger partial charge in [0.2, 0.25) is 0 Å². The quantitative estimate of drug-likeness (QED) is 0.757. The van der Waals surface area contributed by atoms with Gasteiger partial charge < -0.3 is 9.30 Å². The topological polar surface area (TPSA) is 70.3 Å². The van der Waals surface area contributed by atoms with Gasteiger partial charge in [0.1, 0.15) is 6.61 Å². The maximum atomic E-state index is 11.7. The maximum absolute atomic E-state index is 11.7. The Balaban J connectivity index is 2.01. The predicted molar refractivity (Wildman–Crippen MR) is 72.7 cm³/mol. The van der Waals surface area contributed by atoms with Crippen LogP contribution >= 0.6 is 0 Å². The number of nitrogens with zero attached hydrogens (tertiary/aromatic N) is 2. The van der Waals surface area contributed by atoms with Gasteiger partial charge in [0.15, 0.2) is 0 Å². The molecule has 0 bridgehead atoms. The van der Waals surface area contributed by atoms with Crippen molar-refractivity contribution in [3.8, 4) is 0 Å². The van der Waals surface area contributed by atoms with Crippen LogP contribution in [0.5, 0.6) is 0 Å². The first-order chi connectivity index (χ1) is 9.59. The normalized spacial score (nSPS) is 10.2. The van der Waals surface area contributed by atoms with E-state index >= 15 is 0 Å². The number of ether oxygens (including phenoxy) is 1. The van der Waals surface area contributed by atoms with Crippen molar-refractivity contribution in [3.63, 3.8) is 0 Å². The molecule has 0 aliphatic carbocycles. The van der Waals surface area contributed by atoms with E-state index in [9.17, 15) is 14.4 Å². The number of carbonyl (C=O) groups is 1. The molecule has 0 radical (unpaired) electrons. The van der Waals surface area contributed by atoms with Crippen LogP contribution in [0.1, 0.15) is 10.4 Å². The average Bonchev–Trinajstić information content (AvgIpc) is 2.47. The zero-order chi connectivity index (χ0) is 14.5. The third-order valence-corrected chi connectivity index (χ3v) is 2.80. The van der Waals surface area contributed by atoms with Crippen LogP contribution in [0.3, 0.4) is 0 Å². The first-order valence-corrected chi connectivity index (χ1v) is 6.08. The average molecular weight is 274 g/mol. The molecule has 6 heteroatoms. The summed E-state index contributed by atoms with van der Waals surface area (Å²) in [5, 5.41) is 0. The molecule has 0 amide bonds. The second kappa shape index (κ2) is 6.01. The highest BCUT2D eigenvalue weighted by Gasteiger charge is 2.07. The van der Waals surface area contributed by atoms with Crippen LogP contribution in [0.15, 0.2) is 52.2 Å². The fourth-order valence-corrected chi connectivity index (χ4v) is 1.71. The molecule has 0 N–H and O–H groups in total. The first-order valence-electron chi connectivity index (χ1n) is 6.08. The molecule has 20 heavy (non-hydrogen) atoms. The number of hydrogen-bond donors (Lipinski definition) is 0. The Kier molecular flexibility index (Phi) is 4.14. The summed E-state index contributed by atoms with van der Waals surface area (Å²) >= 11 is 0. The molecule has 0 saturated heterocycles. The van der Waals surface area contributed by atoms with E-state index < -0.39 is 17.2 Å². The van der Waals surface area contributed by atoms with Crippen molar-refractivity contribution in [1.82, 2.24) is 9.13 Å². The molecule has 1 heterocycles. The summed E-state index contributed by atoms with van der Waals surface area (Å²) < 4.78 is 7.35. The van der Waals surface area contributed by atoms with Crippen molar-refractivity contribution in [1.29, 1.82) is 0 Å². The minimum atomic E-state index is -0.480. The molecule has 2 rings (SSSR count). The van der Waals surface area contributed by atoms with Crippen molar-refractivity contribution in [3.05, 3.63) is 69.0 Å². The van der Waals surface area contributed by atoms with Gasteiger partial charge in [-0.05, 0) is 12.1 Å². The standard InChI is InChI=1S/C14H14N2O4/c1-15-8-7-12(17)16(14(15)19)9-10-20-13(18)11-5-3-2-4-6-11/h2-8H,9-10H2,1H3. The molecule has 6 nitrogen and oxygen atoms in total. The molecule has 0 fully saturated rings. The summed E-state index contributed by atoms with van der Waals surface area (Å²) in [5.74, 6) is -0.480. The van der Waals surface area contributed by atoms with E-state index in [2.05, 4.69) is 0 Å². The fraction of sp³-hybridized carbons (Fsp3) is 0.214. The van der Waals surface area contributed by atoms with E-state index in [0.717, 1.165) is 4.57 Å². The van der Waals surface area contributed by atoms with E-state index in [4.69, 9.17) is 4.74 Å². The molecular formula is C14H14N2O4. The number of hydrogen-bond acceptors (Lipinski definition) is 4. The van der Waals surface area contributed by atoms with Crippen molar-refractivity contribution < 1.29 is 9.53 Å². The van der Waals surface area contributed by atoms with E-state index in [0.29, 0.717) is 5.56 Å². The van der Waals surface area contributed by atoms with Crippen LogP contribution in [0.25, 0.3) is 0 Å². The van der Waals surface area contributed by atoms with Gasteiger partial charge in [-0.3, -0.25) is 9.36 Å². The second-order valence-electron chi connectivity index (χ2n) is 4.20. The summed E-state index contributed by atoms with van der Waals surface area (Å²) in [7, 11) is 1.55. The third kappa shape index (κ3) is 3.03. The molecule has 0 atom stereocenters. The highest BCUT2D eigenvalue weighted by Crippen LogP contribution is 2.00. The smallest absolute Gasteiger partial charge is 0.338 e. The Labute approximate surface area is 114 Å². The lowest BCUT2D eigenvalue weighted by atomic mass is 10.2. The van der Waals surface area contributed by atoms with Gasteiger partial charge in [0.25, 0.3) is 5.56 Å². The molecule has 0 aliphatic heterocycles. The number of rotatable bonds is 4. The molecule has 0 aliphatic rings. The molecule has 104 valence electrons. The van der Waals surface area contributed by atoms with Crippen molar-refractivity contribution in [2.45, 2.75) is 6.54 Å². The van der Waals surface area contributed by atoms with Gasteiger partial charge in [-0.25, -0.2) is 9.59 Å². The number of carbonyl (C=O) groups excluding carboxylic acids is 1. The predicted octanol–water partition coefficient (Wildman–Crippen LogP) is 0.404. The van der Waals surface area contributed by atoms with Crippen LogP contribution in [0.4, 0.5) is 0 Å². The molecule has 0 unspecified atom stereocenters. The van der Waals surface area contributed by atoms with E-state index in [-0.39, 0.29) is 13.2 Å². The second-order valence-corrected chi connectivity index (χ2v) is 4.20. The minimum absolute atomic E-state index is 0.0327. The monoisotopic (exact) mass is 274 g/mol. The Morgan fingerprint density at radius 1 is 1.15 bits per heavy atom. The van der Waals surface area contributed by atoms with Crippen molar-refractivity contribution >= 4 is 5.97 Å². The van der Waals surface area contributed by atoms with Gasteiger partial charge >= 0.3 is 11.7 Å². The van der Waals surface area contributed by atoms with Gasteiger partial charge in [-0.15, -0.1) is 0 Å². The Hall–Kier alpha value is -2.63. The highest BCUT2D eigenvalue weighted by atomic mass is 16.5. The largest absolute Gasteiger partial charge is 0.460 e. The lowest BCUT2D eigenvalue weighted by Crippen LogP contribution is -2.39. The molecule has 1 aromatic heterocycles. The summed E-state index contributed by atoms with van der Waals surface area (Å²) in [6.45, 7) is -0.00217. The highest BCUT2D eigenvalue weighted by molar-refractivity contribution is 5.89. The zero-order valence-corrected chi connectivity index (χ0v) is 11.0. The zero-order valence-electron chi connectivity index (χ0n) is 11.0. The summed E-state index contributed by atoms with van der Waals surface area (Å²) in [6.07, 6.45) is 1.40. The Morgan fingerprint density at radius 3 is 2.55 bits per heavy atom. The minimum Gasteiger partial charge on any atom is -0.460 e. The molecule has 1 aromatic carbocycles. The van der Waals surface area contributed by atoms with E-state index in [1.165, 1.54) is 16.8 Å². The summed E-state index contributed by atoms with van der Waals surface area (Å²) in [6, 6.07) is 9.82. The summed E-state index contributed by atoms with van der Waals surface area (Å²) in [4.78, 5) is 34.9. The Bertz CT molecular complexity index is 716. The van der Waals surface area contributed by atoms with Gasteiger partial charge in [-0.1, -0.05) is 18.2 Å². The van der Waals surface area contributed by atoms with Gasteiger partial charge in [0, 0.05) is 19.3 Å². The van der Waals surface area contributed by atoms with Crippen molar-refractivity contribution in [2.24, 2.45) is 7.05 Å². The van der Waals surface area contributed by atoms with E-state index in [1.807, 2.05) is 0 Å². The van der Waals surface area contributed by atoms with Crippen molar-refractivity contribution in [2.75, 3.05) is 6.61 Å². The summed E-state index contributed by atoms with van der Waals surface area (Å²) in [5.41, 5.74) is -0.419. The molecular weight excluding hydrogens is 260 g/mol. The molecule has 2 aromatic rings. The molecule has 0 saturated carbocycles. The lowest BCUT2D eigenvalue weighted by Gasteiger charge is -2.07. The van der Waals surface area contributed by atoms with Crippen LogP contribution in [-0.2, 0) is 18.3 Å². The third-order valence-electron chi connectivity index (χ3n) is 2.80. The fourth-order valence-electron chi connectivity index (χ4n) is 1.71. The first kappa shape index (κ1) is 13.8. The van der Waals surface area contributed by atoms with Crippen LogP contribution in [-0.4, -0.2) is 21.7 Å². The Morgan fingerprint density at radius 2 is 1.85 bits per heavy atom. The lowest BCUT2D eigenvalue weighted by molar-refractivity contribution is 0.0488. The SMILES string of the molecule is Cn1ccc(=O)n(CCOC(=O)c2ccccc2)c1=O. The van der Waals surface area contributed by atoms with Crippen LogP contribution < -0.4 is 11.2 Å². The number of esters is 1. The van der Waals surface area contributed by atoms with E-state index in [1.54, 1.807) is 37.4 Å². The van der Waals surface area contributed by atoms with Crippen LogP contribution in [0, 0.1) is 0 Å². The molecule has 0 spiro atoms.